The summed E-state index contributed by atoms with van der Waals surface area (Å²) in [6.07, 6.45) is 2.65. The van der Waals surface area contributed by atoms with Gasteiger partial charge in [-0.1, -0.05) is 28.1 Å². The highest BCUT2D eigenvalue weighted by Crippen LogP contribution is 2.13. The van der Waals surface area contributed by atoms with Gasteiger partial charge in [0.05, 0.1) is 0 Å². The fraction of sp³-hybridized carbons (Fsp3) is 0.538. The zero-order valence-electron chi connectivity index (χ0n) is 9.75. The third kappa shape index (κ3) is 3.58. The minimum absolute atomic E-state index is 0.695. The van der Waals surface area contributed by atoms with Gasteiger partial charge in [-0.05, 0) is 44.1 Å². The molecule has 88 valence electrons. The van der Waals surface area contributed by atoms with Crippen LogP contribution in [-0.4, -0.2) is 31.1 Å². The van der Waals surface area contributed by atoms with Crippen molar-refractivity contribution in [2.45, 2.75) is 25.4 Å². The number of nitrogens with zero attached hydrogens (tertiary/aromatic N) is 1. The van der Waals surface area contributed by atoms with Gasteiger partial charge >= 0.3 is 0 Å². The number of rotatable bonds is 4. The van der Waals surface area contributed by atoms with E-state index in [0.29, 0.717) is 6.04 Å². The first kappa shape index (κ1) is 12.1. The molecule has 0 bridgehead atoms. The number of hydrogen-bond acceptors (Lipinski definition) is 2. The molecule has 2 nitrogen and oxygen atoms in total. The minimum Gasteiger partial charge on any atom is -0.313 e. The van der Waals surface area contributed by atoms with Gasteiger partial charge in [0, 0.05) is 23.6 Å². The summed E-state index contributed by atoms with van der Waals surface area (Å²) >= 11 is 3.46. The van der Waals surface area contributed by atoms with Gasteiger partial charge in [-0.25, -0.2) is 0 Å². The highest BCUT2D eigenvalue weighted by molar-refractivity contribution is 9.10. The van der Waals surface area contributed by atoms with Gasteiger partial charge in [0.15, 0.2) is 0 Å². The van der Waals surface area contributed by atoms with Gasteiger partial charge < -0.3 is 10.2 Å². The van der Waals surface area contributed by atoms with Gasteiger partial charge in [0.25, 0.3) is 0 Å². The molecule has 1 heterocycles. The van der Waals surface area contributed by atoms with E-state index in [1.165, 1.54) is 24.9 Å². The van der Waals surface area contributed by atoms with Crippen molar-refractivity contribution in [1.29, 1.82) is 0 Å². The predicted molar refractivity (Wildman–Crippen MR) is 71.5 cm³/mol. The second kappa shape index (κ2) is 5.80. The molecule has 3 heteroatoms. The lowest BCUT2D eigenvalue weighted by atomic mass is 10.2. The standard InChI is InChI=1S/C13H19BrN2/c1-16(10-13-3-2-8-15-13)9-11-4-6-12(14)7-5-11/h4-7,13,15H,2-3,8-10H2,1H3. The predicted octanol–water partition coefficient (Wildman–Crippen LogP) is 2.63. The molecule has 0 saturated carbocycles. The van der Waals surface area contributed by atoms with Crippen molar-refractivity contribution in [2.75, 3.05) is 20.1 Å². The third-order valence-corrected chi connectivity index (χ3v) is 3.59. The Bertz CT molecular complexity index is 317. The summed E-state index contributed by atoms with van der Waals surface area (Å²) in [5.41, 5.74) is 1.38. The maximum atomic E-state index is 3.53. The van der Waals surface area contributed by atoms with Crippen molar-refractivity contribution >= 4 is 15.9 Å². The molecule has 1 aliphatic heterocycles. The summed E-state index contributed by atoms with van der Waals surface area (Å²) in [6.45, 7) is 3.37. The largest absolute Gasteiger partial charge is 0.313 e. The fourth-order valence-corrected chi connectivity index (χ4v) is 2.52. The molecule has 1 atom stereocenters. The fourth-order valence-electron chi connectivity index (χ4n) is 2.25. The van der Waals surface area contributed by atoms with Crippen molar-refractivity contribution in [3.05, 3.63) is 34.3 Å². The maximum absolute atomic E-state index is 3.53. The molecular formula is C13H19BrN2. The second-order valence-corrected chi connectivity index (χ2v) is 5.53. The lowest BCUT2D eigenvalue weighted by molar-refractivity contribution is 0.293. The van der Waals surface area contributed by atoms with Crippen LogP contribution in [0.4, 0.5) is 0 Å². The summed E-state index contributed by atoms with van der Waals surface area (Å²) in [7, 11) is 2.20. The molecule has 0 aliphatic carbocycles. The van der Waals surface area contributed by atoms with E-state index in [4.69, 9.17) is 0 Å². The van der Waals surface area contributed by atoms with Crippen molar-refractivity contribution in [3.63, 3.8) is 0 Å². The average Bonchev–Trinajstić information content (AvgIpc) is 2.74. The lowest BCUT2D eigenvalue weighted by Crippen LogP contribution is -2.34. The van der Waals surface area contributed by atoms with Crippen LogP contribution in [0.3, 0.4) is 0 Å². The number of benzene rings is 1. The smallest absolute Gasteiger partial charge is 0.0231 e. The zero-order chi connectivity index (χ0) is 11.4. The first-order valence-corrected chi connectivity index (χ1v) is 6.70. The molecule has 0 radical (unpaired) electrons. The molecule has 16 heavy (non-hydrogen) atoms. The van der Waals surface area contributed by atoms with Crippen LogP contribution in [0.2, 0.25) is 0 Å². The van der Waals surface area contributed by atoms with Crippen molar-refractivity contribution in [2.24, 2.45) is 0 Å². The Morgan fingerprint density at radius 1 is 1.38 bits per heavy atom. The van der Waals surface area contributed by atoms with Gasteiger partial charge in [0.1, 0.15) is 0 Å². The first-order valence-electron chi connectivity index (χ1n) is 5.90. The number of nitrogens with one attached hydrogen (secondary N) is 1. The summed E-state index contributed by atoms with van der Waals surface area (Å²) in [4.78, 5) is 2.40. The van der Waals surface area contributed by atoms with Crippen LogP contribution in [0.1, 0.15) is 18.4 Å². The Morgan fingerprint density at radius 2 is 2.12 bits per heavy atom. The summed E-state index contributed by atoms with van der Waals surface area (Å²) in [5.74, 6) is 0. The van der Waals surface area contributed by atoms with E-state index < -0.39 is 0 Å². The Balaban J connectivity index is 1.81. The second-order valence-electron chi connectivity index (χ2n) is 4.62. The number of halogens is 1. The Morgan fingerprint density at radius 3 is 2.75 bits per heavy atom. The molecule has 1 aromatic rings. The minimum atomic E-state index is 0.695. The van der Waals surface area contributed by atoms with Gasteiger partial charge in [0.2, 0.25) is 0 Å². The summed E-state index contributed by atoms with van der Waals surface area (Å²) in [6, 6.07) is 9.28. The quantitative estimate of drug-likeness (QED) is 0.914. The molecular weight excluding hydrogens is 264 g/mol. The van der Waals surface area contributed by atoms with Crippen LogP contribution < -0.4 is 5.32 Å². The van der Waals surface area contributed by atoms with E-state index >= 15 is 0 Å². The van der Waals surface area contributed by atoms with Crippen molar-refractivity contribution < 1.29 is 0 Å². The Labute approximate surface area is 106 Å². The van der Waals surface area contributed by atoms with Crippen LogP contribution in [0.15, 0.2) is 28.7 Å². The third-order valence-electron chi connectivity index (χ3n) is 3.06. The molecule has 0 aromatic heterocycles. The van der Waals surface area contributed by atoms with E-state index in [2.05, 4.69) is 57.5 Å². The Hall–Kier alpha value is -0.380. The van der Waals surface area contributed by atoms with E-state index in [9.17, 15) is 0 Å². The van der Waals surface area contributed by atoms with Crippen molar-refractivity contribution in [3.8, 4) is 0 Å². The van der Waals surface area contributed by atoms with E-state index in [1.54, 1.807) is 0 Å². The summed E-state index contributed by atoms with van der Waals surface area (Å²) in [5, 5.41) is 3.53. The van der Waals surface area contributed by atoms with E-state index in [1.807, 2.05) is 0 Å². The normalized spacial score (nSPS) is 20.6. The van der Waals surface area contributed by atoms with Crippen LogP contribution >= 0.6 is 15.9 Å². The molecule has 1 unspecified atom stereocenters. The molecule has 0 spiro atoms. The van der Waals surface area contributed by atoms with Crippen LogP contribution in [-0.2, 0) is 6.54 Å². The topological polar surface area (TPSA) is 15.3 Å². The van der Waals surface area contributed by atoms with Gasteiger partial charge in [-0.15, -0.1) is 0 Å². The van der Waals surface area contributed by atoms with E-state index in [-0.39, 0.29) is 0 Å². The Kier molecular flexibility index (Phi) is 4.38. The SMILES string of the molecule is CN(Cc1ccc(Br)cc1)CC1CCCN1. The van der Waals surface area contributed by atoms with Crippen LogP contribution in [0.5, 0.6) is 0 Å². The molecule has 2 rings (SSSR count). The lowest BCUT2D eigenvalue weighted by Gasteiger charge is -2.21. The maximum Gasteiger partial charge on any atom is 0.0231 e. The monoisotopic (exact) mass is 282 g/mol. The molecule has 1 saturated heterocycles. The molecule has 1 fully saturated rings. The number of likely N-dealkylation sites (N-methyl/N-ethyl adjacent to an activating group) is 1. The average molecular weight is 283 g/mol. The van der Waals surface area contributed by atoms with Gasteiger partial charge in [-0.3, -0.25) is 0 Å². The molecule has 1 aromatic carbocycles. The van der Waals surface area contributed by atoms with E-state index in [0.717, 1.165) is 17.6 Å². The van der Waals surface area contributed by atoms with Crippen molar-refractivity contribution in [1.82, 2.24) is 10.2 Å². The summed E-state index contributed by atoms with van der Waals surface area (Å²) < 4.78 is 1.15. The zero-order valence-corrected chi connectivity index (χ0v) is 11.3. The highest BCUT2D eigenvalue weighted by atomic mass is 79.9. The van der Waals surface area contributed by atoms with Crippen LogP contribution in [0, 0.1) is 0 Å². The van der Waals surface area contributed by atoms with Gasteiger partial charge in [-0.2, -0.15) is 0 Å². The molecule has 0 amide bonds. The number of hydrogen-bond donors (Lipinski definition) is 1. The van der Waals surface area contributed by atoms with Crippen LogP contribution in [0.25, 0.3) is 0 Å². The molecule has 1 aliphatic rings. The highest BCUT2D eigenvalue weighted by Gasteiger charge is 2.15. The molecule has 1 N–H and O–H groups in total. The first-order chi connectivity index (χ1) is 7.74.